The predicted octanol–water partition coefficient (Wildman–Crippen LogP) is 0.915. The molecule has 0 aliphatic rings. The van der Waals surface area contributed by atoms with Crippen molar-refractivity contribution < 1.29 is 20.4 Å². The van der Waals surface area contributed by atoms with Gasteiger partial charge in [-0.25, -0.2) is 0 Å². The lowest BCUT2D eigenvalue weighted by Crippen LogP contribution is -2.37. The third-order valence-corrected chi connectivity index (χ3v) is 4.23. The summed E-state index contributed by atoms with van der Waals surface area (Å²) in [6.45, 7) is 6.04. The summed E-state index contributed by atoms with van der Waals surface area (Å²) in [5.74, 6) is 0.130. The maximum atomic E-state index is 9.83. The SMILES string of the molecule is CCC(CC)(CO)C(C)CC(O)C(O)CCO. The average Bonchev–Trinajstić information content (AvgIpc) is 2.32. The van der Waals surface area contributed by atoms with Crippen molar-refractivity contribution in [2.45, 2.75) is 58.7 Å². The van der Waals surface area contributed by atoms with E-state index in [4.69, 9.17) is 5.11 Å². The maximum absolute atomic E-state index is 9.83. The van der Waals surface area contributed by atoms with Crippen LogP contribution in [0.25, 0.3) is 0 Å². The second-order valence-corrected chi connectivity index (χ2v) is 5.01. The van der Waals surface area contributed by atoms with Crippen LogP contribution in [0.15, 0.2) is 0 Å². The molecular formula is C13H28O4. The fourth-order valence-electron chi connectivity index (χ4n) is 2.42. The second kappa shape index (κ2) is 8.03. The summed E-state index contributed by atoms with van der Waals surface area (Å²) >= 11 is 0. The van der Waals surface area contributed by atoms with E-state index in [1.54, 1.807) is 0 Å². The summed E-state index contributed by atoms with van der Waals surface area (Å²) in [4.78, 5) is 0. The summed E-state index contributed by atoms with van der Waals surface area (Å²) in [5, 5.41) is 37.6. The Bertz CT molecular complexity index is 184. The standard InChI is InChI=1S/C13H28O4/c1-4-13(5-2,9-15)10(3)8-12(17)11(16)6-7-14/h10-12,14-17H,4-9H2,1-3H3. The number of hydrogen-bond acceptors (Lipinski definition) is 4. The van der Waals surface area contributed by atoms with Gasteiger partial charge in [-0.15, -0.1) is 0 Å². The molecule has 0 spiro atoms. The molecule has 4 nitrogen and oxygen atoms in total. The molecule has 104 valence electrons. The van der Waals surface area contributed by atoms with Crippen LogP contribution in [-0.4, -0.2) is 45.8 Å². The first kappa shape index (κ1) is 16.8. The minimum absolute atomic E-state index is 0.101. The Hall–Kier alpha value is -0.160. The molecule has 0 aromatic carbocycles. The topological polar surface area (TPSA) is 80.9 Å². The van der Waals surface area contributed by atoms with Crippen molar-refractivity contribution in [1.82, 2.24) is 0 Å². The molecule has 4 heteroatoms. The van der Waals surface area contributed by atoms with Crippen molar-refractivity contribution in [1.29, 1.82) is 0 Å². The Labute approximate surface area is 104 Å². The fourth-order valence-corrected chi connectivity index (χ4v) is 2.42. The molecule has 3 unspecified atom stereocenters. The molecule has 17 heavy (non-hydrogen) atoms. The quantitative estimate of drug-likeness (QED) is 0.489. The molecular weight excluding hydrogens is 220 g/mol. The highest BCUT2D eigenvalue weighted by Crippen LogP contribution is 2.37. The van der Waals surface area contributed by atoms with Crippen molar-refractivity contribution in [3.8, 4) is 0 Å². The van der Waals surface area contributed by atoms with E-state index >= 15 is 0 Å². The van der Waals surface area contributed by atoms with E-state index in [2.05, 4.69) is 0 Å². The Morgan fingerprint density at radius 2 is 1.53 bits per heavy atom. The predicted molar refractivity (Wildman–Crippen MR) is 67.6 cm³/mol. The zero-order chi connectivity index (χ0) is 13.5. The van der Waals surface area contributed by atoms with E-state index in [0.29, 0.717) is 6.42 Å². The average molecular weight is 248 g/mol. The van der Waals surface area contributed by atoms with Crippen LogP contribution < -0.4 is 0 Å². The second-order valence-electron chi connectivity index (χ2n) is 5.01. The van der Waals surface area contributed by atoms with Crippen LogP contribution in [0, 0.1) is 11.3 Å². The Kier molecular flexibility index (Phi) is 7.96. The van der Waals surface area contributed by atoms with Gasteiger partial charge in [0.15, 0.2) is 0 Å². The lowest BCUT2D eigenvalue weighted by atomic mass is 9.70. The van der Waals surface area contributed by atoms with Gasteiger partial charge in [-0.3, -0.25) is 0 Å². The van der Waals surface area contributed by atoms with Gasteiger partial charge in [0.2, 0.25) is 0 Å². The third-order valence-electron chi connectivity index (χ3n) is 4.23. The summed E-state index contributed by atoms with van der Waals surface area (Å²) in [6.07, 6.45) is 0.629. The van der Waals surface area contributed by atoms with Crippen molar-refractivity contribution in [3.63, 3.8) is 0 Å². The van der Waals surface area contributed by atoms with Gasteiger partial charge < -0.3 is 20.4 Å². The molecule has 0 aliphatic carbocycles. The Morgan fingerprint density at radius 3 is 1.88 bits per heavy atom. The molecule has 0 amide bonds. The fraction of sp³-hybridized carbons (Fsp3) is 1.00. The van der Waals surface area contributed by atoms with E-state index in [1.807, 2.05) is 20.8 Å². The Morgan fingerprint density at radius 1 is 1.00 bits per heavy atom. The molecule has 3 atom stereocenters. The summed E-state index contributed by atoms with van der Waals surface area (Å²) in [7, 11) is 0. The molecule has 0 aromatic rings. The van der Waals surface area contributed by atoms with Gasteiger partial charge in [-0.2, -0.15) is 0 Å². The minimum atomic E-state index is -0.882. The van der Waals surface area contributed by atoms with E-state index in [-0.39, 0.29) is 31.0 Å². The summed E-state index contributed by atoms with van der Waals surface area (Å²) in [5.41, 5.74) is -0.181. The lowest BCUT2D eigenvalue weighted by molar-refractivity contribution is -0.0312. The highest BCUT2D eigenvalue weighted by molar-refractivity contribution is 4.84. The van der Waals surface area contributed by atoms with Crippen molar-refractivity contribution in [3.05, 3.63) is 0 Å². The molecule has 0 saturated carbocycles. The van der Waals surface area contributed by atoms with E-state index in [1.165, 1.54) is 0 Å². The molecule has 0 radical (unpaired) electrons. The minimum Gasteiger partial charge on any atom is -0.396 e. The van der Waals surface area contributed by atoms with Crippen LogP contribution in [0.3, 0.4) is 0 Å². The zero-order valence-corrected chi connectivity index (χ0v) is 11.3. The smallest absolute Gasteiger partial charge is 0.0821 e. The first-order valence-electron chi connectivity index (χ1n) is 6.55. The van der Waals surface area contributed by atoms with Crippen LogP contribution in [0.4, 0.5) is 0 Å². The number of aliphatic hydroxyl groups is 4. The molecule has 0 aromatic heterocycles. The van der Waals surface area contributed by atoms with Crippen LogP contribution in [-0.2, 0) is 0 Å². The normalized spacial score (nSPS) is 17.8. The van der Waals surface area contributed by atoms with Crippen molar-refractivity contribution in [2.24, 2.45) is 11.3 Å². The van der Waals surface area contributed by atoms with Crippen molar-refractivity contribution >= 4 is 0 Å². The number of hydrogen-bond donors (Lipinski definition) is 4. The Balaban J connectivity index is 4.44. The van der Waals surface area contributed by atoms with Crippen LogP contribution in [0.1, 0.15) is 46.5 Å². The number of aliphatic hydroxyl groups excluding tert-OH is 4. The first-order valence-corrected chi connectivity index (χ1v) is 6.55. The van der Waals surface area contributed by atoms with Gasteiger partial charge >= 0.3 is 0 Å². The van der Waals surface area contributed by atoms with Crippen LogP contribution in [0.5, 0.6) is 0 Å². The number of rotatable bonds is 9. The van der Waals surface area contributed by atoms with Gasteiger partial charge in [0.25, 0.3) is 0 Å². The molecule has 4 N–H and O–H groups in total. The van der Waals surface area contributed by atoms with Crippen LogP contribution >= 0.6 is 0 Å². The van der Waals surface area contributed by atoms with Gasteiger partial charge in [0.1, 0.15) is 0 Å². The van der Waals surface area contributed by atoms with Gasteiger partial charge in [0, 0.05) is 13.2 Å². The van der Waals surface area contributed by atoms with Crippen LogP contribution in [0.2, 0.25) is 0 Å². The van der Waals surface area contributed by atoms with E-state index in [9.17, 15) is 15.3 Å². The highest BCUT2D eigenvalue weighted by Gasteiger charge is 2.34. The lowest BCUT2D eigenvalue weighted by Gasteiger charge is -2.37. The van der Waals surface area contributed by atoms with E-state index < -0.39 is 12.2 Å². The monoisotopic (exact) mass is 248 g/mol. The maximum Gasteiger partial charge on any atom is 0.0821 e. The largest absolute Gasteiger partial charge is 0.396 e. The van der Waals surface area contributed by atoms with Crippen molar-refractivity contribution in [2.75, 3.05) is 13.2 Å². The molecule has 0 bridgehead atoms. The summed E-state index contributed by atoms with van der Waals surface area (Å²) < 4.78 is 0. The summed E-state index contributed by atoms with van der Waals surface area (Å²) in [6, 6.07) is 0. The molecule has 0 heterocycles. The molecule has 0 saturated heterocycles. The van der Waals surface area contributed by atoms with Gasteiger partial charge in [-0.05, 0) is 37.0 Å². The molecule has 0 rings (SSSR count). The molecule has 0 fully saturated rings. The highest BCUT2D eigenvalue weighted by atomic mass is 16.3. The van der Waals surface area contributed by atoms with Gasteiger partial charge in [0.05, 0.1) is 12.2 Å². The first-order chi connectivity index (χ1) is 7.97. The van der Waals surface area contributed by atoms with E-state index in [0.717, 1.165) is 12.8 Å². The third kappa shape index (κ3) is 4.54. The van der Waals surface area contributed by atoms with Gasteiger partial charge in [-0.1, -0.05) is 20.8 Å². The molecule has 0 aliphatic heterocycles. The zero-order valence-electron chi connectivity index (χ0n) is 11.3.